The lowest BCUT2D eigenvalue weighted by Crippen LogP contribution is -2.01. The third-order valence-electron chi connectivity index (χ3n) is 2.29. The Balaban J connectivity index is 0. The summed E-state index contributed by atoms with van der Waals surface area (Å²) in [6.45, 7) is 3.40. The highest BCUT2D eigenvalue weighted by atomic mass is 16.5. The molecule has 0 amide bonds. The average Bonchev–Trinajstić information content (AvgIpc) is 2.38. The van der Waals surface area contributed by atoms with Gasteiger partial charge in [-0.15, -0.1) is 0 Å². The van der Waals surface area contributed by atoms with Gasteiger partial charge < -0.3 is 19.3 Å². The van der Waals surface area contributed by atoms with Crippen LogP contribution in [0.2, 0.25) is 0 Å². The van der Waals surface area contributed by atoms with Crippen molar-refractivity contribution < 1.29 is 28.9 Å². The Labute approximate surface area is 121 Å². The SMILES string of the molecule is COCCCCCC(=O)O.COCCCCOC(C)=O. The fourth-order valence-electron chi connectivity index (χ4n) is 1.26. The standard InChI is InChI=1S/2C7H14O3/c1-7(8)10-6-4-3-5-9-2;1-10-6-4-2-3-5-7(8)9/h3-6H2,1-2H3;2-6H2,1H3,(H,8,9). The summed E-state index contributed by atoms with van der Waals surface area (Å²) >= 11 is 0. The molecule has 0 aliphatic heterocycles. The molecule has 20 heavy (non-hydrogen) atoms. The molecule has 0 bridgehead atoms. The van der Waals surface area contributed by atoms with Crippen molar-refractivity contribution >= 4 is 11.9 Å². The van der Waals surface area contributed by atoms with E-state index in [1.807, 2.05) is 0 Å². The Morgan fingerprint density at radius 2 is 1.35 bits per heavy atom. The first-order valence-corrected chi connectivity index (χ1v) is 6.87. The van der Waals surface area contributed by atoms with E-state index >= 15 is 0 Å². The van der Waals surface area contributed by atoms with Crippen molar-refractivity contribution in [3.05, 3.63) is 0 Å². The molecule has 1 N–H and O–H groups in total. The number of hydrogen-bond acceptors (Lipinski definition) is 5. The second-order valence-electron chi connectivity index (χ2n) is 4.24. The van der Waals surface area contributed by atoms with Crippen LogP contribution in [-0.2, 0) is 23.8 Å². The average molecular weight is 292 g/mol. The highest BCUT2D eigenvalue weighted by molar-refractivity contribution is 5.66. The molecule has 120 valence electrons. The molecule has 0 aromatic rings. The summed E-state index contributed by atoms with van der Waals surface area (Å²) in [7, 11) is 3.31. The minimum absolute atomic E-state index is 0.211. The number of esters is 1. The van der Waals surface area contributed by atoms with Gasteiger partial charge in [0.05, 0.1) is 6.61 Å². The number of carboxylic acid groups (broad SMARTS) is 1. The van der Waals surface area contributed by atoms with Gasteiger partial charge in [0, 0.05) is 40.8 Å². The molecule has 0 rings (SSSR count). The molecule has 0 heterocycles. The van der Waals surface area contributed by atoms with Crippen molar-refractivity contribution in [2.75, 3.05) is 34.0 Å². The van der Waals surface area contributed by atoms with Gasteiger partial charge in [-0.25, -0.2) is 0 Å². The molecule has 0 unspecified atom stereocenters. The van der Waals surface area contributed by atoms with E-state index in [4.69, 9.17) is 19.3 Å². The maximum absolute atomic E-state index is 10.2. The van der Waals surface area contributed by atoms with Crippen LogP contribution >= 0.6 is 0 Å². The summed E-state index contributed by atoms with van der Waals surface area (Å²) in [6.07, 6.45) is 4.78. The molecule has 0 saturated heterocycles. The van der Waals surface area contributed by atoms with Crippen LogP contribution in [0.15, 0.2) is 0 Å². The predicted octanol–water partition coefficient (Wildman–Crippen LogP) is 2.25. The minimum atomic E-state index is -0.711. The zero-order chi connectivity index (χ0) is 15.6. The van der Waals surface area contributed by atoms with Gasteiger partial charge in [-0.2, -0.15) is 0 Å². The van der Waals surface area contributed by atoms with Gasteiger partial charge in [-0.05, 0) is 25.7 Å². The first-order chi connectivity index (χ1) is 9.54. The van der Waals surface area contributed by atoms with Gasteiger partial charge in [-0.1, -0.05) is 6.42 Å². The molecular weight excluding hydrogens is 264 g/mol. The maximum atomic E-state index is 10.2. The highest BCUT2D eigenvalue weighted by Crippen LogP contribution is 1.98. The Kier molecular flexibility index (Phi) is 18.9. The van der Waals surface area contributed by atoms with E-state index in [0.29, 0.717) is 6.61 Å². The van der Waals surface area contributed by atoms with Gasteiger partial charge in [0.2, 0.25) is 0 Å². The smallest absolute Gasteiger partial charge is 0.303 e. The van der Waals surface area contributed by atoms with Crippen LogP contribution in [0.1, 0.15) is 45.4 Å². The van der Waals surface area contributed by atoms with Crippen LogP contribution in [0.3, 0.4) is 0 Å². The predicted molar refractivity (Wildman–Crippen MR) is 75.7 cm³/mol. The van der Waals surface area contributed by atoms with E-state index in [0.717, 1.165) is 45.3 Å². The van der Waals surface area contributed by atoms with Crippen molar-refractivity contribution in [1.29, 1.82) is 0 Å². The first kappa shape index (κ1) is 21.2. The van der Waals surface area contributed by atoms with Crippen LogP contribution in [-0.4, -0.2) is 51.1 Å². The number of rotatable bonds is 11. The van der Waals surface area contributed by atoms with Crippen LogP contribution in [0, 0.1) is 0 Å². The van der Waals surface area contributed by atoms with Crippen molar-refractivity contribution in [2.24, 2.45) is 0 Å². The Bertz CT molecular complexity index is 206. The van der Waals surface area contributed by atoms with Crippen molar-refractivity contribution in [1.82, 2.24) is 0 Å². The number of carbonyl (C=O) groups excluding carboxylic acids is 1. The second-order valence-corrected chi connectivity index (χ2v) is 4.24. The molecule has 0 aliphatic carbocycles. The summed E-state index contributed by atoms with van der Waals surface area (Å²) in [5.41, 5.74) is 0. The number of methoxy groups -OCH3 is 2. The van der Waals surface area contributed by atoms with Gasteiger partial charge in [0.15, 0.2) is 0 Å². The van der Waals surface area contributed by atoms with Crippen molar-refractivity contribution in [3.63, 3.8) is 0 Å². The summed E-state index contributed by atoms with van der Waals surface area (Å²) < 4.78 is 14.3. The van der Waals surface area contributed by atoms with Gasteiger partial charge >= 0.3 is 11.9 Å². The Hall–Kier alpha value is -1.14. The monoisotopic (exact) mass is 292 g/mol. The lowest BCUT2D eigenvalue weighted by molar-refractivity contribution is -0.141. The lowest BCUT2D eigenvalue weighted by Gasteiger charge is -1.99. The minimum Gasteiger partial charge on any atom is -0.481 e. The van der Waals surface area contributed by atoms with E-state index in [1.165, 1.54) is 6.92 Å². The number of carboxylic acids is 1. The second kappa shape index (κ2) is 17.9. The summed E-state index contributed by atoms with van der Waals surface area (Å²) in [4.78, 5) is 20.2. The van der Waals surface area contributed by atoms with Crippen LogP contribution < -0.4 is 0 Å². The number of carbonyl (C=O) groups is 2. The molecule has 0 aromatic heterocycles. The molecular formula is C14H28O6. The number of hydrogen-bond donors (Lipinski definition) is 1. The van der Waals surface area contributed by atoms with Gasteiger partial charge in [0.1, 0.15) is 0 Å². The van der Waals surface area contributed by atoms with Crippen LogP contribution in [0.25, 0.3) is 0 Å². The molecule has 0 fully saturated rings. The summed E-state index contributed by atoms with van der Waals surface area (Å²) in [5, 5.41) is 8.24. The highest BCUT2D eigenvalue weighted by Gasteiger charge is 1.95. The number of ether oxygens (including phenoxy) is 3. The quantitative estimate of drug-likeness (QED) is 0.464. The Morgan fingerprint density at radius 1 is 0.850 bits per heavy atom. The van der Waals surface area contributed by atoms with Crippen molar-refractivity contribution in [2.45, 2.75) is 45.4 Å². The molecule has 0 atom stereocenters. The zero-order valence-electron chi connectivity index (χ0n) is 12.9. The molecule has 6 nitrogen and oxygen atoms in total. The summed E-state index contributed by atoms with van der Waals surface area (Å²) in [5.74, 6) is -0.921. The van der Waals surface area contributed by atoms with Crippen LogP contribution in [0.5, 0.6) is 0 Å². The van der Waals surface area contributed by atoms with E-state index < -0.39 is 5.97 Å². The molecule has 0 saturated carbocycles. The maximum Gasteiger partial charge on any atom is 0.303 e. The molecule has 0 aliphatic rings. The third kappa shape index (κ3) is 25.6. The third-order valence-corrected chi connectivity index (χ3v) is 2.29. The molecule has 0 radical (unpaired) electrons. The topological polar surface area (TPSA) is 82.1 Å². The largest absolute Gasteiger partial charge is 0.481 e. The number of unbranched alkanes of at least 4 members (excludes halogenated alkanes) is 3. The molecule has 0 spiro atoms. The fourth-order valence-corrected chi connectivity index (χ4v) is 1.26. The van der Waals surface area contributed by atoms with Crippen LogP contribution in [0.4, 0.5) is 0 Å². The Morgan fingerprint density at radius 3 is 1.80 bits per heavy atom. The van der Waals surface area contributed by atoms with E-state index in [9.17, 15) is 9.59 Å². The lowest BCUT2D eigenvalue weighted by atomic mass is 10.2. The number of aliphatic carboxylic acids is 1. The van der Waals surface area contributed by atoms with E-state index in [-0.39, 0.29) is 12.4 Å². The van der Waals surface area contributed by atoms with Gasteiger partial charge in [-0.3, -0.25) is 9.59 Å². The first-order valence-electron chi connectivity index (χ1n) is 6.87. The van der Waals surface area contributed by atoms with Gasteiger partial charge in [0.25, 0.3) is 0 Å². The normalized spacial score (nSPS) is 9.55. The van der Waals surface area contributed by atoms with E-state index in [1.54, 1.807) is 14.2 Å². The zero-order valence-corrected chi connectivity index (χ0v) is 12.9. The van der Waals surface area contributed by atoms with E-state index in [2.05, 4.69) is 0 Å². The molecule has 0 aromatic carbocycles. The molecule has 6 heteroatoms. The summed E-state index contributed by atoms with van der Waals surface area (Å²) in [6, 6.07) is 0. The van der Waals surface area contributed by atoms with Crippen molar-refractivity contribution in [3.8, 4) is 0 Å². The fraction of sp³-hybridized carbons (Fsp3) is 0.857.